The molecule has 7 nitrogen and oxygen atoms in total. The number of ether oxygens (including phenoxy) is 2. The first-order valence-corrected chi connectivity index (χ1v) is 10.7. The van der Waals surface area contributed by atoms with Crippen molar-refractivity contribution in [2.75, 3.05) is 6.61 Å². The van der Waals surface area contributed by atoms with Crippen LogP contribution in [-0.4, -0.2) is 31.5 Å². The highest BCUT2D eigenvalue weighted by Gasteiger charge is 2.18. The van der Waals surface area contributed by atoms with E-state index in [1.165, 1.54) is 19.1 Å². The fourth-order valence-corrected chi connectivity index (χ4v) is 3.88. The van der Waals surface area contributed by atoms with E-state index in [1.54, 1.807) is 32.0 Å². The average Bonchev–Trinajstić information content (AvgIpc) is 2.60. The monoisotopic (exact) mass is 517 g/mol. The molecule has 0 fully saturated rings. The van der Waals surface area contributed by atoms with E-state index in [-0.39, 0.29) is 22.1 Å². The van der Waals surface area contributed by atoms with Crippen molar-refractivity contribution < 1.29 is 32.0 Å². The highest BCUT2D eigenvalue weighted by molar-refractivity contribution is 14.1. The van der Waals surface area contributed by atoms with Crippen molar-refractivity contribution in [3.8, 4) is 5.75 Å². The fourth-order valence-electron chi connectivity index (χ4n) is 2.43. The van der Waals surface area contributed by atoms with Gasteiger partial charge in [-0.15, -0.1) is 0 Å². The van der Waals surface area contributed by atoms with Crippen molar-refractivity contribution in [1.29, 1.82) is 0 Å². The molecule has 0 aliphatic rings. The minimum atomic E-state index is -4.66. The van der Waals surface area contributed by atoms with Crippen LogP contribution in [0.2, 0.25) is 0 Å². The van der Waals surface area contributed by atoms with Gasteiger partial charge in [0.15, 0.2) is 6.61 Å². The van der Waals surface area contributed by atoms with Crippen molar-refractivity contribution in [3.05, 3.63) is 56.7 Å². The number of benzene rings is 2. The molecule has 0 heterocycles. The number of hydrogen-bond donors (Lipinski definition) is 0. The molecule has 0 amide bonds. The van der Waals surface area contributed by atoms with Crippen molar-refractivity contribution in [2.24, 2.45) is 0 Å². The van der Waals surface area contributed by atoms with Crippen LogP contribution in [-0.2, 0) is 19.6 Å². The van der Waals surface area contributed by atoms with E-state index < -0.39 is 28.7 Å². The molecule has 0 spiro atoms. The van der Waals surface area contributed by atoms with E-state index in [0.717, 1.165) is 3.57 Å². The van der Waals surface area contributed by atoms with Gasteiger partial charge in [0.25, 0.3) is 0 Å². The Labute approximate surface area is 176 Å². The molecule has 0 unspecified atom stereocenters. The summed E-state index contributed by atoms with van der Waals surface area (Å²) in [6, 6.07) is 9.22. The molecule has 0 radical (unpaired) electrons. The SMILES string of the molecule is Cc1cc(S(=O)(=O)[O-])c(C(C)C)cc1OC(=O)COC(=O)c1cccc(I)c1. The average molecular weight is 517 g/mol. The van der Waals surface area contributed by atoms with Crippen LogP contribution in [0.3, 0.4) is 0 Å². The van der Waals surface area contributed by atoms with E-state index in [9.17, 15) is 22.6 Å². The van der Waals surface area contributed by atoms with Gasteiger partial charge < -0.3 is 14.0 Å². The molecule has 2 rings (SSSR count). The zero-order chi connectivity index (χ0) is 21.1. The molecule has 0 aliphatic heterocycles. The highest BCUT2D eigenvalue weighted by Crippen LogP contribution is 2.31. The van der Waals surface area contributed by atoms with Crippen LogP contribution in [0.15, 0.2) is 41.3 Å². The maximum absolute atomic E-state index is 12.0. The van der Waals surface area contributed by atoms with Gasteiger partial charge in [-0.3, -0.25) is 0 Å². The third-order valence-electron chi connectivity index (χ3n) is 3.80. The third kappa shape index (κ3) is 5.76. The van der Waals surface area contributed by atoms with Gasteiger partial charge in [-0.1, -0.05) is 19.9 Å². The number of carbonyl (C=O) groups is 2. The number of carbonyl (C=O) groups excluding carboxylic acids is 2. The Hall–Kier alpha value is -1.98. The standard InChI is InChI=1S/C19H19IO7S/c1-11(2)15-9-16(12(3)7-17(15)28(23,24)25)27-18(21)10-26-19(22)13-5-4-6-14(20)8-13/h4-9,11H,10H2,1-3H3,(H,23,24,25)/p-1. The molecule has 2 aromatic carbocycles. The first kappa shape index (κ1) is 22.3. The van der Waals surface area contributed by atoms with Crippen LogP contribution in [0.1, 0.15) is 41.3 Å². The van der Waals surface area contributed by atoms with Crippen molar-refractivity contribution >= 4 is 44.6 Å². The number of rotatable bonds is 6. The predicted octanol–water partition coefficient (Wildman–Crippen LogP) is 3.39. The Bertz CT molecular complexity index is 1010. The number of halogens is 1. The molecule has 0 N–H and O–H groups in total. The molecule has 0 saturated heterocycles. The molecule has 0 aromatic heterocycles. The smallest absolute Gasteiger partial charge is 0.349 e. The van der Waals surface area contributed by atoms with Gasteiger partial charge >= 0.3 is 11.9 Å². The maximum atomic E-state index is 12.0. The van der Waals surface area contributed by atoms with Crippen LogP contribution in [0.5, 0.6) is 5.75 Å². The second-order valence-electron chi connectivity index (χ2n) is 6.32. The first-order chi connectivity index (χ1) is 13.0. The zero-order valence-corrected chi connectivity index (χ0v) is 18.4. The quantitative estimate of drug-likeness (QED) is 0.250. The molecule has 150 valence electrons. The van der Waals surface area contributed by atoms with Crippen molar-refractivity contribution in [3.63, 3.8) is 0 Å². The summed E-state index contributed by atoms with van der Waals surface area (Å²) in [6.45, 7) is 4.34. The highest BCUT2D eigenvalue weighted by atomic mass is 127. The van der Waals surface area contributed by atoms with E-state index in [4.69, 9.17) is 9.47 Å². The summed E-state index contributed by atoms with van der Waals surface area (Å²) >= 11 is 2.05. The van der Waals surface area contributed by atoms with Gasteiger partial charge in [-0.25, -0.2) is 18.0 Å². The molecule has 2 aromatic rings. The van der Waals surface area contributed by atoms with Gasteiger partial charge in [0.2, 0.25) is 0 Å². The van der Waals surface area contributed by atoms with E-state index >= 15 is 0 Å². The lowest BCUT2D eigenvalue weighted by atomic mass is 10.0. The van der Waals surface area contributed by atoms with Crippen LogP contribution in [0.4, 0.5) is 0 Å². The summed E-state index contributed by atoms with van der Waals surface area (Å²) in [4.78, 5) is 23.7. The molecular formula is C19H18IO7S-. The maximum Gasteiger partial charge on any atom is 0.349 e. The topological polar surface area (TPSA) is 110 Å². The zero-order valence-electron chi connectivity index (χ0n) is 15.4. The molecule has 0 atom stereocenters. The normalized spacial score (nSPS) is 11.4. The van der Waals surface area contributed by atoms with E-state index in [0.29, 0.717) is 11.1 Å². The van der Waals surface area contributed by atoms with Crippen LogP contribution in [0.25, 0.3) is 0 Å². The lowest BCUT2D eigenvalue weighted by Gasteiger charge is -2.18. The lowest BCUT2D eigenvalue weighted by molar-refractivity contribution is -0.137. The van der Waals surface area contributed by atoms with E-state index in [1.807, 2.05) is 6.07 Å². The molecular weight excluding hydrogens is 499 g/mol. The second kappa shape index (κ2) is 9.01. The van der Waals surface area contributed by atoms with E-state index in [2.05, 4.69) is 22.6 Å². The van der Waals surface area contributed by atoms with Gasteiger partial charge in [-0.2, -0.15) is 0 Å². The minimum absolute atomic E-state index is 0.103. The Morgan fingerprint density at radius 1 is 1.18 bits per heavy atom. The summed E-state index contributed by atoms with van der Waals surface area (Å²) in [5.74, 6) is -1.67. The second-order valence-corrected chi connectivity index (χ2v) is 8.92. The van der Waals surface area contributed by atoms with Crippen LogP contribution >= 0.6 is 22.6 Å². The first-order valence-electron chi connectivity index (χ1n) is 8.23. The Morgan fingerprint density at radius 2 is 1.86 bits per heavy atom. The number of aryl methyl sites for hydroxylation is 1. The minimum Gasteiger partial charge on any atom is -0.744 e. The van der Waals surface area contributed by atoms with Crippen molar-refractivity contribution in [1.82, 2.24) is 0 Å². The Morgan fingerprint density at radius 3 is 2.43 bits per heavy atom. The largest absolute Gasteiger partial charge is 0.744 e. The summed E-state index contributed by atoms with van der Waals surface area (Å²) in [7, 11) is -4.66. The fraction of sp³-hybridized carbons (Fsp3) is 0.263. The third-order valence-corrected chi connectivity index (χ3v) is 5.37. The summed E-state index contributed by atoms with van der Waals surface area (Å²) in [5, 5.41) is 0. The summed E-state index contributed by atoms with van der Waals surface area (Å²) in [6.07, 6.45) is 0. The molecule has 28 heavy (non-hydrogen) atoms. The number of hydrogen-bond acceptors (Lipinski definition) is 7. The van der Waals surface area contributed by atoms with Gasteiger partial charge in [-0.05, 0) is 76.9 Å². The van der Waals surface area contributed by atoms with Crippen molar-refractivity contribution in [2.45, 2.75) is 31.6 Å². The lowest BCUT2D eigenvalue weighted by Crippen LogP contribution is -2.19. The molecule has 0 saturated carbocycles. The molecule has 0 aliphatic carbocycles. The van der Waals surface area contributed by atoms with Gasteiger partial charge in [0.05, 0.1) is 10.5 Å². The summed E-state index contributed by atoms with van der Waals surface area (Å²) < 4.78 is 45.4. The predicted molar refractivity (Wildman–Crippen MR) is 108 cm³/mol. The molecule has 0 bridgehead atoms. The Balaban J connectivity index is 2.13. The van der Waals surface area contributed by atoms with Crippen LogP contribution < -0.4 is 4.74 Å². The van der Waals surface area contributed by atoms with Crippen LogP contribution in [0, 0.1) is 10.5 Å². The molecule has 9 heteroatoms. The summed E-state index contributed by atoms with van der Waals surface area (Å²) in [5.41, 5.74) is 0.860. The number of esters is 2. The van der Waals surface area contributed by atoms with Gasteiger partial charge in [0.1, 0.15) is 15.9 Å². The Kier molecular flexibility index (Phi) is 7.18. The van der Waals surface area contributed by atoms with Gasteiger partial charge in [0, 0.05) is 3.57 Å².